The lowest BCUT2D eigenvalue weighted by Gasteiger charge is -2.24. The van der Waals surface area contributed by atoms with Gasteiger partial charge >= 0.3 is 0 Å². The molecule has 1 aromatic carbocycles. The largest absolute Gasteiger partial charge is 0.388 e. The van der Waals surface area contributed by atoms with Gasteiger partial charge < -0.3 is 10.0 Å². The zero-order chi connectivity index (χ0) is 19.9. The van der Waals surface area contributed by atoms with Crippen LogP contribution in [0.3, 0.4) is 0 Å². The number of nitrogens with zero attached hydrogens (tertiary/aromatic N) is 2. The van der Waals surface area contributed by atoms with Crippen LogP contribution in [-0.2, 0) is 4.79 Å². The van der Waals surface area contributed by atoms with Gasteiger partial charge in [-0.25, -0.2) is 4.98 Å². The number of aryl methyl sites for hydroxylation is 1. The van der Waals surface area contributed by atoms with Gasteiger partial charge in [-0.05, 0) is 50.0 Å². The summed E-state index contributed by atoms with van der Waals surface area (Å²) >= 11 is 1.64. The Morgan fingerprint density at radius 3 is 2.79 bits per heavy atom. The fourth-order valence-electron chi connectivity index (χ4n) is 3.71. The summed E-state index contributed by atoms with van der Waals surface area (Å²) in [6.45, 7) is 4.16. The van der Waals surface area contributed by atoms with Crippen LogP contribution in [0.1, 0.15) is 74.2 Å². The van der Waals surface area contributed by atoms with Crippen molar-refractivity contribution in [1.82, 2.24) is 4.98 Å². The SMILES string of the molecule is CCCCCC(O)c1ccc(N2C(=O)CC[C@@H]2C/C=C\c2nc(C)cs2)cc1. The van der Waals surface area contributed by atoms with Gasteiger partial charge in [-0.3, -0.25) is 4.79 Å². The highest BCUT2D eigenvalue weighted by Gasteiger charge is 2.31. The lowest BCUT2D eigenvalue weighted by atomic mass is 10.0. The standard InChI is InChI=1S/C23H30N2O2S/c1-3-4-5-8-21(26)18-10-12-20(13-11-18)25-19(14-15-23(25)27)7-6-9-22-24-17(2)16-28-22/h6,9-13,16,19,21,26H,3-5,7-8,14-15H2,1-2H3/b9-6-/t19-,21?/m0/s1. The number of rotatable bonds is 9. The molecule has 1 aliphatic heterocycles. The number of hydrogen-bond acceptors (Lipinski definition) is 4. The van der Waals surface area contributed by atoms with Crippen molar-refractivity contribution in [2.75, 3.05) is 4.90 Å². The van der Waals surface area contributed by atoms with Crippen LogP contribution in [0, 0.1) is 6.92 Å². The highest BCUT2D eigenvalue weighted by Crippen LogP contribution is 2.30. The molecule has 0 saturated carbocycles. The first-order chi connectivity index (χ1) is 13.6. The average molecular weight is 399 g/mol. The molecular weight excluding hydrogens is 368 g/mol. The van der Waals surface area contributed by atoms with Crippen molar-refractivity contribution in [3.8, 4) is 0 Å². The number of anilines is 1. The fraction of sp³-hybridized carbons (Fsp3) is 0.478. The predicted molar refractivity (Wildman–Crippen MR) is 117 cm³/mol. The van der Waals surface area contributed by atoms with Crippen molar-refractivity contribution in [2.45, 2.75) is 70.9 Å². The van der Waals surface area contributed by atoms with E-state index in [4.69, 9.17) is 0 Å². The van der Waals surface area contributed by atoms with Crippen molar-refractivity contribution in [3.05, 3.63) is 52.0 Å². The molecule has 1 saturated heterocycles. The Labute approximate surface area is 171 Å². The topological polar surface area (TPSA) is 53.4 Å². The van der Waals surface area contributed by atoms with Gasteiger partial charge in [0.15, 0.2) is 0 Å². The molecule has 1 aromatic heterocycles. The number of carbonyl (C=O) groups excluding carboxylic acids is 1. The number of amides is 1. The van der Waals surface area contributed by atoms with Crippen LogP contribution >= 0.6 is 11.3 Å². The van der Waals surface area contributed by atoms with E-state index in [9.17, 15) is 9.90 Å². The first-order valence-electron chi connectivity index (χ1n) is 10.3. The maximum atomic E-state index is 12.5. The van der Waals surface area contributed by atoms with Crippen LogP contribution in [-0.4, -0.2) is 22.0 Å². The summed E-state index contributed by atoms with van der Waals surface area (Å²) in [6.07, 6.45) is 10.2. The van der Waals surface area contributed by atoms with E-state index in [1.807, 2.05) is 41.5 Å². The number of aromatic nitrogens is 1. The molecule has 1 fully saturated rings. The molecule has 1 amide bonds. The first-order valence-corrected chi connectivity index (χ1v) is 11.1. The molecule has 0 bridgehead atoms. The van der Waals surface area contributed by atoms with Crippen LogP contribution < -0.4 is 4.90 Å². The zero-order valence-electron chi connectivity index (χ0n) is 16.8. The molecule has 1 unspecified atom stereocenters. The number of benzene rings is 1. The van der Waals surface area contributed by atoms with E-state index in [2.05, 4.69) is 24.1 Å². The van der Waals surface area contributed by atoms with Crippen LogP contribution in [0.15, 0.2) is 35.7 Å². The summed E-state index contributed by atoms with van der Waals surface area (Å²) in [6, 6.07) is 8.06. The third-order valence-electron chi connectivity index (χ3n) is 5.27. The second kappa shape index (κ2) is 9.99. The number of aliphatic hydroxyl groups is 1. The smallest absolute Gasteiger partial charge is 0.227 e. The molecule has 5 heteroatoms. The summed E-state index contributed by atoms with van der Waals surface area (Å²) in [4.78, 5) is 18.8. The molecule has 2 heterocycles. The molecule has 3 rings (SSSR count). The monoisotopic (exact) mass is 398 g/mol. The third kappa shape index (κ3) is 5.30. The van der Waals surface area contributed by atoms with Gasteiger partial charge in [0.1, 0.15) is 5.01 Å². The minimum Gasteiger partial charge on any atom is -0.388 e. The van der Waals surface area contributed by atoms with E-state index in [0.29, 0.717) is 6.42 Å². The van der Waals surface area contributed by atoms with Crippen molar-refractivity contribution in [3.63, 3.8) is 0 Å². The van der Waals surface area contributed by atoms with E-state index < -0.39 is 6.10 Å². The second-order valence-electron chi connectivity index (χ2n) is 7.52. The molecule has 0 spiro atoms. The maximum Gasteiger partial charge on any atom is 0.227 e. The van der Waals surface area contributed by atoms with E-state index in [1.54, 1.807) is 11.3 Å². The summed E-state index contributed by atoms with van der Waals surface area (Å²) in [5, 5.41) is 13.4. The normalized spacial score (nSPS) is 18.3. The van der Waals surface area contributed by atoms with E-state index in [1.165, 1.54) is 0 Å². The summed E-state index contributed by atoms with van der Waals surface area (Å²) < 4.78 is 0. The van der Waals surface area contributed by atoms with E-state index >= 15 is 0 Å². The van der Waals surface area contributed by atoms with Crippen LogP contribution in [0.2, 0.25) is 0 Å². The molecule has 2 atom stereocenters. The number of carbonyl (C=O) groups is 1. The van der Waals surface area contributed by atoms with Gasteiger partial charge in [0.05, 0.1) is 6.10 Å². The van der Waals surface area contributed by atoms with Crippen LogP contribution in [0.25, 0.3) is 6.08 Å². The molecular formula is C23H30N2O2S. The fourth-order valence-corrected chi connectivity index (χ4v) is 4.42. The Morgan fingerprint density at radius 1 is 1.32 bits per heavy atom. The van der Waals surface area contributed by atoms with Gasteiger partial charge in [-0.2, -0.15) is 0 Å². The number of aliphatic hydroxyl groups excluding tert-OH is 1. The van der Waals surface area contributed by atoms with Gasteiger partial charge in [0.25, 0.3) is 0 Å². The van der Waals surface area contributed by atoms with E-state index in [0.717, 1.165) is 60.5 Å². The summed E-state index contributed by atoms with van der Waals surface area (Å²) in [7, 11) is 0. The molecule has 2 aromatic rings. The van der Waals surface area contributed by atoms with Crippen molar-refractivity contribution < 1.29 is 9.90 Å². The Kier molecular flexibility index (Phi) is 7.40. The molecule has 1 N–H and O–H groups in total. The predicted octanol–water partition coefficient (Wildman–Crippen LogP) is 5.66. The van der Waals surface area contributed by atoms with Crippen LogP contribution in [0.4, 0.5) is 5.69 Å². The Balaban J connectivity index is 1.63. The minimum absolute atomic E-state index is 0.180. The number of hydrogen-bond donors (Lipinski definition) is 1. The van der Waals surface area contributed by atoms with Crippen molar-refractivity contribution in [2.24, 2.45) is 0 Å². The zero-order valence-corrected chi connectivity index (χ0v) is 17.6. The summed E-state index contributed by atoms with van der Waals surface area (Å²) in [5.74, 6) is 0.180. The van der Waals surface area contributed by atoms with Gasteiger partial charge in [-0.1, -0.05) is 44.4 Å². The lowest BCUT2D eigenvalue weighted by molar-refractivity contribution is -0.117. The Hall–Kier alpha value is -1.98. The van der Waals surface area contributed by atoms with Crippen LogP contribution in [0.5, 0.6) is 0 Å². The minimum atomic E-state index is -0.421. The van der Waals surface area contributed by atoms with Gasteiger partial charge in [0.2, 0.25) is 5.91 Å². The number of thiazole rings is 1. The highest BCUT2D eigenvalue weighted by atomic mass is 32.1. The molecule has 150 valence electrons. The van der Waals surface area contributed by atoms with E-state index in [-0.39, 0.29) is 11.9 Å². The molecule has 0 radical (unpaired) electrons. The first kappa shape index (κ1) is 20.7. The molecule has 28 heavy (non-hydrogen) atoms. The Morgan fingerprint density at radius 2 is 2.11 bits per heavy atom. The molecule has 4 nitrogen and oxygen atoms in total. The Bertz CT molecular complexity index is 797. The average Bonchev–Trinajstić information content (AvgIpc) is 3.27. The molecule has 0 aliphatic carbocycles. The lowest BCUT2D eigenvalue weighted by Crippen LogP contribution is -2.32. The highest BCUT2D eigenvalue weighted by molar-refractivity contribution is 7.10. The van der Waals surface area contributed by atoms with Crippen molar-refractivity contribution >= 4 is 29.0 Å². The third-order valence-corrected chi connectivity index (χ3v) is 6.20. The van der Waals surface area contributed by atoms with Gasteiger partial charge in [-0.15, -0.1) is 11.3 Å². The quantitative estimate of drug-likeness (QED) is 0.554. The number of unbranched alkanes of at least 4 members (excludes halogenated alkanes) is 2. The maximum absolute atomic E-state index is 12.5. The summed E-state index contributed by atoms with van der Waals surface area (Å²) in [5.41, 5.74) is 2.90. The second-order valence-corrected chi connectivity index (χ2v) is 8.41. The van der Waals surface area contributed by atoms with Gasteiger partial charge in [0, 0.05) is 29.2 Å². The molecule has 1 aliphatic rings. The van der Waals surface area contributed by atoms with Crippen molar-refractivity contribution in [1.29, 1.82) is 0 Å².